The SMILES string of the molecule is COc1ccc(C=CC(=O)NC(c2ccccc2)C(F)(F)F)c(OC)c1. The molecule has 1 N–H and O–H groups in total. The molecule has 0 aliphatic rings. The van der Waals surface area contributed by atoms with Gasteiger partial charge in [-0.2, -0.15) is 13.2 Å². The summed E-state index contributed by atoms with van der Waals surface area (Å²) in [5, 5.41) is 1.99. The average molecular weight is 365 g/mol. The first kappa shape index (κ1) is 19.4. The molecule has 138 valence electrons. The summed E-state index contributed by atoms with van der Waals surface area (Å²) in [6, 6.07) is 10.0. The number of benzene rings is 2. The molecule has 0 aromatic heterocycles. The number of amides is 1. The molecule has 2 aromatic carbocycles. The van der Waals surface area contributed by atoms with Crippen LogP contribution < -0.4 is 14.8 Å². The van der Waals surface area contributed by atoms with Crippen molar-refractivity contribution < 1.29 is 27.4 Å². The maximum atomic E-state index is 13.3. The quantitative estimate of drug-likeness (QED) is 0.783. The van der Waals surface area contributed by atoms with Gasteiger partial charge in [0, 0.05) is 17.7 Å². The van der Waals surface area contributed by atoms with Crippen LogP contribution in [0.1, 0.15) is 17.2 Å². The van der Waals surface area contributed by atoms with Crippen LogP contribution in [0.15, 0.2) is 54.6 Å². The van der Waals surface area contributed by atoms with Gasteiger partial charge in [0.05, 0.1) is 14.2 Å². The van der Waals surface area contributed by atoms with E-state index in [1.807, 2.05) is 5.32 Å². The standard InChI is InChI=1S/C19H18F3NO3/c1-25-15-10-8-13(16(12-15)26-2)9-11-17(24)23-18(19(20,21)22)14-6-4-3-5-7-14/h3-12,18H,1-2H3,(H,23,24). The van der Waals surface area contributed by atoms with Gasteiger partial charge in [-0.15, -0.1) is 0 Å². The lowest BCUT2D eigenvalue weighted by atomic mass is 10.1. The molecule has 0 fully saturated rings. The van der Waals surface area contributed by atoms with Crippen LogP contribution in [0.2, 0.25) is 0 Å². The highest BCUT2D eigenvalue weighted by molar-refractivity contribution is 5.92. The van der Waals surface area contributed by atoms with Crippen molar-refractivity contribution in [2.75, 3.05) is 14.2 Å². The van der Waals surface area contributed by atoms with Crippen LogP contribution in [0.5, 0.6) is 11.5 Å². The van der Waals surface area contributed by atoms with Crippen molar-refractivity contribution in [3.8, 4) is 11.5 Å². The van der Waals surface area contributed by atoms with E-state index < -0.39 is 18.1 Å². The van der Waals surface area contributed by atoms with Gasteiger partial charge in [0.1, 0.15) is 11.5 Å². The van der Waals surface area contributed by atoms with Crippen LogP contribution in [0.4, 0.5) is 13.2 Å². The third-order valence-electron chi connectivity index (χ3n) is 3.60. The molecule has 0 saturated heterocycles. The summed E-state index contributed by atoms with van der Waals surface area (Å²) >= 11 is 0. The van der Waals surface area contributed by atoms with E-state index in [0.717, 1.165) is 6.08 Å². The lowest BCUT2D eigenvalue weighted by Gasteiger charge is -2.21. The van der Waals surface area contributed by atoms with Crippen molar-refractivity contribution in [2.24, 2.45) is 0 Å². The van der Waals surface area contributed by atoms with Crippen molar-refractivity contribution in [2.45, 2.75) is 12.2 Å². The fourth-order valence-corrected chi connectivity index (χ4v) is 2.31. The highest BCUT2D eigenvalue weighted by Crippen LogP contribution is 2.32. The first-order valence-electron chi connectivity index (χ1n) is 7.67. The Morgan fingerprint density at radius 1 is 1.08 bits per heavy atom. The summed E-state index contributed by atoms with van der Waals surface area (Å²) in [5.74, 6) is 0.127. The zero-order valence-corrected chi connectivity index (χ0v) is 14.2. The largest absolute Gasteiger partial charge is 0.497 e. The first-order valence-corrected chi connectivity index (χ1v) is 7.67. The Kier molecular flexibility index (Phi) is 6.27. The molecule has 1 amide bonds. The normalized spacial score (nSPS) is 12.7. The number of rotatable bonds is 6. The van der Waals surface area contributed by atoms with Crippen molar-refractivity contribution in [1.29, 1.82) is 0 Å². The number of ether oxygens (including phenoxy) is 2. The number of halogens is 3. The minimum Gasteiger partial charge on any atom is -0.497 e. The smallest absolute Gasteiger partial charge is 0.412 e. The molecule has 0 saturated carbocycles. The van der Waals surface area contributed by atoms with Gasteiger partial charge >= 0.3 is 6.18 Å². The maximum absolute atomic E-state index is 13.3. The third kappa shape index (κ3) is 5.02. The Hall–Kier alpha value is -2.96. The third-order valence-corrected chi connectivity index (χ3v) is 3.60. The predicted molar refractivity (Wildman–Crippen MR) is 92.0 cm³/mol. The van der Waals surface area contributed by atoms with E-state index >= 15 is 0 Å². The molecule has 4 nitrogen and oxygen atoms in total. The minimum absolute atomic E-state index is 0.0382. The van der Waals surface area contributed by atoms with E-state index in [9.17, 15) is 18.0 Å². The van der Waals surface area contributed by atoms with Gasteiger partial charge in [-0.3, -0.25) is 4.79 Å². The summed E-state index contributed by atoms with van der Waals surface area (Å²) in [6.07, 6.45) is -2.19. The van der Waals surface area contributed by atoms with E-state index in [0.29, 0.717) is 17.1 Å². The van der Waals surface area contributed by atoms with Crippen molar-refractivity contribution in [3.05, 3.63) is 65.7 Å². The predicted octanol–water partition coefficient (Wildman–Crippen LogP) is 4.14. The average Bonchev–Trinajstić information content (AvgIpc) is 2.64. The zero-order chi connectivity index (χ0) is 19.2. The van der Waals surface area contributed by atoms with E-state index in [-0.39, 0.29) is 5.56 Å². The summed E-state index contributed by atoms with van der Waals surface area (Å²) in [7, 11) is 2.94. The molecule has 26 heavy (non-hydrogen) atoms. The molecule has 0 aliphatic carbocycles. The van der Waals surface area contributed by atoms with Crippen LogP contribution in [0.25, 0.3) is 6.08 Å². The molecule has 0 heterocycles. The Labute approximate surface area is 149 Å². The Bertz CT molecular complexity index is 773. The van der Waals surface area contributed by atoms with Crippen LogP contribution >= 0.6 is 0 Å². The topological polar surface area (TPSA) is 47.6 Å². The van der Waals surface area contributed by atoms with Gasteiger partial charge in [0.25, 0.3) is 0 Å². The lowest BCUT2D eigenvalue weighted by Crippen LogP contribution is -2.37. The van der Waals surface area contributed by atoms with Gasteiger partial charge in [0.2, 0.25) is 5.91 Å². The molecule has 2 aromatic rings. The number of hydrogen-bond acceptors (Lipinski definition) is 3. The van der Waals surface area contributed by atoms with E-state index in [4.69, 9.17) is 9.47 Å². The van der Waals surface area contributed by atoms with Crippen molar-refractivity contribution in [1.82, 2.24) is 5.32 Å². The molecule has 0 spiro atoms. The monoisotopic (exact) mass is 365 g/mol. The molecule has 7 heteroatoms. The van der Waals surface area contributed by atoms with Crippen LogP contribution in [-0.4, -0.2) is 26.3 Å². The molecular weight excluding hydrogens is 347 g/mol. The van der Waals surface area contributed by atoms with Gasteiger partial charge in [0.15, 0.2) is 6.04 Å². The molecule has 0 radical (unpaired) electrons. The number of methoxy groups -OCH3 is 2. The number of carbonyl (C=O) groups is 1. The van der Waals surface area contributed by atoms with Gasteiger partial charge in [-0.25, -0.2) is 0 Å². The van der Waals surface area contributed by atoms with Crippen LogP contribution in [-0.2, 0) is 4.79 Å². The summed E-state index contributed by atoms with van der Waals surface area (Å²) in [6.45, 7) is 0. The second kappa shape index (κ2) is 8.42. The Balaban J connectivity index is 2.17. The van der Waals surface area contributed by atoms with E-state index in [2.05, 4.69) is 0 Å². The molecule has 1 atom stereocenters. The zero-order valence-electron chi connectivity index (χ0n) is 14.2. The van der Waals surface area contributed by atoms with Crippen molar-refractivity contribution >= 4 is 12.0 Å². The second-order valence-corrected chi connectivity index (χ2v) is 5.34. The van der Waals surface area contributed by atoms with Gasteiger partial charge in [-0.1, -0.05) is 30.3 Å². The number of alkyl halides is 3. The maximum Gasteiger partial charge on any atom is 0.412 e. The Morgan fingerprint density at radius 2 is 1.77 bits per heavy atom. The summed E-state index contributed by atoms with van der Waals surface area (Å²) in [4.78, 5) is 12.0. The highest BCUT2D eigenvalue weighted by atomic mass is 19.4. The fraction of sp³-hybridized carbons (Fsp3) is 0.211. The van der Waals surface area contributed by atoms with E-state index in [1.54, 1.807) is 24.3 Å². The fourth-order valence-electron chi connectivity index (χ4n) is 2.31. The van der Waals surface area contributed by atoms with Crippen LogP contribution in [0.3, 0.4) is 0 Å². The highest BCUT2D eigenvalue weighted by Gasteiger charge is 2.41. The molecule has 1 unspecified atom stereocenters. The molecule has 0 bridgehead atoms. The van der Waals surface area contributed by atoms with Crippen molar-refractivity contribution in [3.63, 3.8) is 0 Å². The molecular formula is C19H18F3NO3. The minimum atomic E-state index is -4.61. The van der Waals surface area contributed by atoms with E-state index in [1.165, 1.54) is 44.6 Å². The van der Waals surface area contributed by atoms with Gasteiger partial charge < -0.3 is 14.8 Å². The number of hydrogen-bond donors (Lipinski definition) is 1. The Morgan fingerprint density at radius 3 is 2.35 bits per heavy atom. The number of carbonyl (C=O) groups excluding carboxylic acids is 1. The summed E-state index contributed by atoms with van der Waals surface area (Å²) < 4.78 is 50.0. The van der Waals surface area contributed by atoms with Crippen LogP contribution in [0, 0.1) is 0 Å². The number of nitrogens with one attached hydrogen (secondary N) is 1. The summed E-state index contributed by atoms with van der Waals surface area (Å²) in [5.41, 5.74) is 0.496. The van der Waals surface area contributed by atoms with Gasteiger partial charge in [-0.05, 0) is 23.8 Å². The molecule has 2 rings (SSSR count). The lowest BCUT2D eigenvalue weighted by molar-refractivity contribution is -0.162. The molecule has 0 aliphatic heterocycles. The second-order valence-electron chi connectivity index (χ2n) is 5.34. The first-order chi connectivity index (χ1) is 12.3.